The van der Waals surface area contributed by atoms with Gasteiger partial charge in [0.15, 0.2) is 0 Å². The van der Waals surface area contributed by atoms with Gasteiger partial charge in [0.25, 0.3) is 0 Å². The molecule has 1 rings (SSSR count). The first-order valence-corrected chi connectivity index (χ1v) is 6.68. The summed E-state index contributed by atoms with van der Waals surface area (Å²) in [6, 6.07) is 2.11. The molecule has 1 aromatic heterocycles. The summed E-state index contributed by atoms with van der Waals surface area (Å²) < 4.78 is 4.93. The first kappa shape index (κ1) is 14.8. The van der Waals surface area contributed by atoms with Crippen LogP contribution in [0, 0.1) is 0 Å². The molecule has 4 nitrogen and oxygen atoms in total. The van der Waals surface area contributed by atoms with Gasteiger partial charge in [-0.15, -0.1) is 0 Å². The highest BCUT2D eigenvalue weighted by atomic mass is 16.4. The van der Waals surface area contributed by atoms with Gasteiger partial charge in [0, 0.05) is 18.2 Å². The largest absolute Gasteiger partial charge is 0.475 e. The zero-order chi connectivity index (χ0) is 13.4. The number of aromatic carboxylic acids is 1. The summed E-state index contributed by atoms with van der Waals surface area (Å²) in [7, 11) is 0. The van der Waals surface area contributed by atoms with Gasteiger partial charge in [-0.2, -0.15) is 0 Å². The zero-order valence-corrected chi connectivity index (χ0v) is 11.2. The molecule has 0 saturated carbocycles. The standard InChI is InChI=1S/C14H23NO3/c1-3-4-5-6-7-11(2)15-10-12-8-9-18-13(12)14(16)17/h8-9,11,15H,3-7,10H2,1-2H3,(H,16,17). The maximum absolute atomic E-state index is 10.8. The van der Waals surface area contributed by atoms with Crippen molar-refractivity contribution < 1.29 is 14.3 Å². The van der Waals surface area contributed by atoms with E-state index in [0.717, 1.165) is 6.42 Å². The molecule has 2 N–H and O–H groups in total. The molecule has 0 radical (unpaired) electrons. The molecule has 0 fully saturated rings. The van der Waals surface area contributed by atoms with Crippen LogP contribution in [-0.4, -0.2) is 17.1 Å². The highest BCUT2D eigenvalue weighted by Crippen LogP contribution is 2.11. The number of carbonyl (C=O) groups is 1. The van der Waals surface area contributed by atoms with Crippen LogP contribution < -0.4 is 5.32 Å². The average molecular weight is 253 g/mol. The molecule has 0 aromatic carbocycles. The second-order valence-corrected chi connectivity index (χ2v) is 4.71. The van der Waals surface area contributed by atoms with E-state index in [1.54, 1.807) is 6.07 Å². The van der Waals surface area contributed by atoms with Gasteiger partial charge in [-0.25, -0.2) is 4.79 Å². The minimum atomic E-state index is -1.01. The predicted molar refractivity (Wildman–Crippen MR) is 70.7 cm³/mol. The summed E-state index contributed by atoms with van der Waals surface area (Å²) in [5, 5.41) is 12.2. The van der Waals surface area contributed by atoms with Crippen molar-refractivity contribution in [2.24, 2.45) is 0 Å². The Balaban J connectivity index is 2.27. The number of hydrogen-bond acceptors (Lipinski definition) is 3. The summed E-state index contributed by atoms with van der Waals surface area (Å²) in [5.41, 5.74) is 0.711. The number of unbranched alkanes of at least 4 members (excludes halogenated alkanes) is 3. The summed E-state index contributed by atoms with van der Waals surface area (Å²) in [4.78, 5) is 10.8. The first-order chi connectivity index (χ1) is 8.65. The molecule has 1 aromatic rings. The van der Waals surface area contributed by atoms with Crippen LogP contribution in [-0.2, 0) is 6.54 Å². The third-order valence-electron chi connectivity index (χ3n) is 3.07. The van der Waals surface area contributed by atoms with Crippen molar-refractivity contribution in [1.29, 1.82) is 0 Å². The minimum absolute atomic E-state index is 0.0423. The third kappa shape index (κ3) is 4.92. The lowest BCUT2D eigenvalue weighted by atomic mass is 10.1. The lowest BCUT2D eigenvalue weighted by Gasteiger charge is -2.13. The van der Waals surface area contributed by atoms with Gasteiger partial charge in [-0.3, -0.25) is 0 Å². The quantitative estimate of drug-likeness (QED) is 0.662. The van der Waals surface area contributed by atoms with Crippen LogP contribution in [0.25, 0.3) is 0 Å². The molecule has 102 valence electrons. The fraction of sp³-hybridized carbons (Fsp3) is 0.643. The Bertz CT molecular complexity index is 360. The molecule has 0 bridgehead atoms. The van der Waals surface area contributed by atoms with E-state index in [2.05, 4.69) is 19.2 Å². The van der Waals surface area contributed by atoms with E-state index in [1.165, 1.54) is 31.9 Å². The molecular weight excluding hydrogens is 230 g/mol. The maximum atomic E-state index is 10.8. The van der Waals surface area contributed by atoms with Gasteiger partial charge in [-0.1, -0.05) is 32.6 Å². The summed E-state index contributed by atoms with van der Waals surface area (Å²) >= 11 is 0. The minimum Gasteiger partial charge on any atom is -0.475 e. The SMILES string of the molecule is CCCCCCC(C)NCc1ccoc1C(=O)O. The van der Waals surface area contributed by atoms with E-state index in [4.69, 9.17) is 9.52 Å². The predicted octanol–water partition coefficient (Wildman–Crippen LogP) is 3.43. The average Bonchev–Trinajstić information content (AvgIpc) is 2.80. The number of carboxylic acid groups (broad SMARTS) is 1. The Labute approximate surface area is 108 Å². The Morgan fingerprint density at radius 2 is 2.22 bits per heavy atom. The highest BCUT2D eigenvalue weighted by molar-refractivity contribution is 5.86. The highest BCUT2D eigenvalue weighted by Gasteiger charge is 2.13. The van der Waals surface area contributed by atoms with Crippen LogP contribution in [0.3, 0.4) is 0 Å². The lowest BCUT2D eigenvalue weighted by Crippen LogP contribution is -2.25. The second kappa shape index (κ2) is 7.93. The summed E-state index contributed by atoms with van der Waals surface area (Å²) in [6.45, 7) is 4.88. The molecule has 1 unspecified atom stereocenters. The lowest BCUT2D eigenvalue weighted by molar-refractivity contribution is 0.0660. The molecule has 4 heteroatoms. The van der Waals surface area contributed by atoms with Gasteiger partial charge in [-0.05, 0) is 19.4 Å². The number of furan rings is 1. The van der Waals surface area contributed by atoms with Crippen LogP contribution in [0.2, 0.25) is 0 Å². The van der Waals surface area contributed by atoms with Crippen molar-refractivity contribution in [3.63, 3.8) is 0 Å². The Hall–Kier alpha value is -1.29. The van der Waals surface area contributed by atoms with Crippen molar-refractivity contribution in [3.8, 4) is 0 Å². The topological polar surface area (TPSA) is 62.5 Å². The third-order valence-corrected chi connectivity index (χ3v) is 3.07. The van der Waals surface area contributed by atoms with E-state index in [1.807, 2.05) is 0 Å². The molecule has 18 heavy (non-hydrogen) atoms. The number of rotatable bonds is 9. The van der Waals surface area contributed by atoms with Gasteiger partial charge < -0.3 is 14.8 Å². The number of carboxylic acids is 1. The van der Waals surface area contributed by atoms with E-state index < -0.39 is 5.97 Å². The Kier molecular flexibility index (Phi) is 6.50. The van der Waals surface area contributed by atoms with Gasteiger partial charge in [0.2, 0.25) is 5.76 Å². The number of hydrogen-bond donors (Lipinski definition) is 2. The normalized spacial score (nSPS) is 12.6. The monoisotopic (exact) mass is 253 g/mol. The molecule has 0 saturated heterocycles. The fourth-order valence-corrected chi connectivity index (χ4v) is 1.93. The van der Waals surface area contributed by atoms with Gasteiger partial charge >= 0.3 is 5.97 Å². The second-order valence-electron chi connectivity index (χ2n) is 4.71. The summed E-state index contributed by atoms with van der Waals surface area (Å²) in [5.74, 6) is -0.965. The van der Waals surface area contributed by atoms with Gasteiger partial charge in [0.05, 0.1) is 6.26 Å². The van der Waals surface area contributed by atoms with Crippen molar-refractivity contribution >= 4 is 5.97 Å². The molecular formula is C14H23NO3. The van der Waals surface area contributed by atoms with Gasteiger partial charge in [0.1, 0.15) is 0 Å². The number of nitrogens with one attached hydrogen (secondary N) is 1. The zero-order valence-electron chi connectivity index (χ0n) is 11.2. The van der Waals surface area contributed by atoms with Crippen molar-refractivity contribution in [2.45, 2.75) is 58.5 Å². The van der Waals surface area contributed by atoms with Crippen LogP contribution in [0.1, 0.15) is 62.1 Å². The molecule has 0 aliphatic carbocycles. The molecule has 0 amide bonds. The van der Waals surface area contributed by atoms with Crippen molar-refractivity contribution in [2.75, 3.05) is 0 Å². The molecule has 0 spiro atoms. The van der Waals surface area contributed by atoms with E-state index in [-0.39, 0.29) is 5.76 Å². The molecule has 1 heterocycles. The first-order valence-electron chi connectivity index (χ1n) is 6.68. The van der Waals surface area contributed by atoms with Crippen LogP contribution in [0.15, 0.2) is 16.7 Å². The van der Waals surface area contributed by atoms with Crippen LogP contribution in [0.4, 0.5) is 0 Å². The summed E-state index contributed by atoms with van der Waals surface area (Å²) in [6.07, 6.45) is 7.58. The van der Waals surface area contributed by atoms with Crippen molar-refractivity contribution in [1.82, 2.24) is 5.32 Å². The van der Waals surface area contributed by atoms with Crippen LogP contribution in [0.5, 0.6) is 0 Å². The van der Waals surface area contributed by atoms with E-state index >= 15 is 0 Å². The van der Waals surface area contributed by atoms with Crippen molar-refractivity contribution in [3.05, 3.63) is 23.7 Å². The van der Waals surface area contributed by atoms with Crippen LogP contribution >= 0.6 is 0 Å². The maximum Gasteiger partial charge on any atom is 0.372 e. The molecule has 0 aliphatic heterocycles. The Morgan fingerprint density at radius 1 is 1.44 bits per heavy atom. The van der Waals surface area contributed by atoms with E-state index in [9.17, 15) is 4.79 Å². The smallest absolute Gasteiger partial charge is 0.372 e. The fourth-order valence-electron chi connectivity index (χ4n) is 1.93. The molecule has 0 aliphatic rings. The Morgan fingerprint density at radius 3 is 2.89 bits per heavy atom. The molecule has 1 atom stereocenters. The van der Waals surface area contributed by atoms with E-state index in [0.29, 0.717) is 18.2 Å².